The highest BCUT2D eigenvalue weighted by Crippen LogP contribution is 2.33. The van der Waals surface area contributed by atoms with Crippen molar-refractivity contribution < 1.29 is 9.47 Å². The van der Waals surface area contributed by atoms with Crippen LogP contribution in [-0.2, 0) is 6.54 Å². The molecule has 1 aliphatic heterocycles. The van der Waals surface area contributed by atoms with Gasteiger partial charge in [0.2, 0.25) is 0 Å². The number of ether oxygens (including phenoxy) is 2. The summed E-state index contributed by atoms with van der Waals surface area (Å²) in [5, 5.41) is 3.53. The second-order valence-corrected chi connectivity index (χ2v) is 6.67. The van der Waals surface area contributed by atoms with Crippen molar-refractivity contribution in [3.63, 3.8) is 0 Å². The third-order valence-corrected chi connectivity index (χ3v) is 4.32. The molecular weight excluding hydrogens is 320 g/mol. The minimum Gasteiger partial charge on any atom is -0.497 e. The van der Waals surface area contributed by atoms with Crippen molar-refractivity contribution in [3.05, 3.63) is 22.2 Å². The molecule has 0 aliphatic carbocycles. The van der Waals surface area contributed by atoms with Gasteiger partial charge >= 0.3 is 0 Å². The summed E-state index contributed by atoms with van der Waals surface area (Å²) < 4.78 is 11.8. The summed E-state index contributed by atoms with van der Waals surface area (Å²) in [4.78, 5) is 2.45. The van der Waals surface area contributed by atoms with E-state index < -0.39 is 0 Å². The first-order valence-electron chi connectivity index (χ1n) is 6.83. The Balaban J connectivity index is 2.20. The van der Waals surface area contributed by atoms with Crippen LogP contribution in [0.4, 0.5) is 0 Å². The fourth-order valence-electron chi connectivity index (χ4n) is 2.65. The zero-order chi connectivity index (χ0) is 14.8. The molecule has 1 aromatic rings. The van der Waals surface area contributed by atoms with Crippen molar-refractivity contribution in [3.8, 4) is 11.5 Å². The zero-order valence-corrected chi connectivity index (χ0v) is 14.2. The number of hydrogen-bond acceptors (Lipinski definition) is 4. The molecule has 1 heterocycles. The van der Waals surface area contributed by atoms with Crippen molar-refractivity contribution >= 4 is 15.9 Å². The van der Waals surface area contributed by atoms with Crippen LogP contribution < -0.4 is 14.8 Å². The van der Waals surface area contributed by atoms with Crippen LogP contribution in [-0.4, -0.2) is 44.3 Å². The van der Waals surface area contributed by atoms with Crippen molar-refractivity contribution in [2.24, 2.45) is 0 Å². The molecule has 112 valence electrons. The predicted octanol–water partition coefficient (Wildman–Crippen LogP) is 2.65. The molecule has 0 amide bonds. The summed E-state index contributed by atoms with van der Waals surface area (Å²) in [6.45, 7) is 8.43. The van der Waals surface area contributed by atoms with Crippen molar-refractivity contribution in [2.75, 3.05) is 33.9 Å². The Morgan fingerprint density at radius 1 is 1.30 bits per heavy atom. The third-order valence-electron chi connectivity index (χ3n) is 3.62. The minimum absolute atomic E-state index is 0.157. The molecule has 0 radical (unpaired) electrons. The monoisotopic (exact) mass is 342 g/mol. The highest BCUT2D eigenvalue weighted by atomic mass is 79.9. The van der Waals surface area contributed by atoms with Gasteiger partial charge in [-0.25, -0.2) is 0 Å². The molecule has 0 spiro atoms. The first-order chi connectivity index (χ1) is 9.45. The van der Waals surface area contributed by atoms with E-state index in [9.17, 15) is 0 Å². The molecule has 1 saturated heterocycles. The number of nitrogens with one attached hydrogen (secondary N) is 1. The Bertz CT molecular complexity index is 477. The normalized spacial score (nSPS) is 18.9. The van der Waals surface area contributed by atoms with Crippen LogP contribution in [0.3, 0.4) is 0 Å². The molecule has 2 rings (SSSR count). The Hall–Kier alpha value is -0.780. The molecule has 0 saturated carbocycles. The summed E-state index contributed by atoms with van der Waals surface area (Å²) in [5.74, 6) is 1.67. The van der Waals surface area contributed by atoms with Crippen molar-refractivity contribution in [2.45, 2.75) is 25.9 Å². The van der Waals surface area contributed by atoms with Crippen LogP contribution >= 0.6 is 15.9 Å². The van der Waals surface area contributed by atoms with E-state index in [0.29, 0.717) is 0 Å². The maximum Gasteiger partial charge on any atom is 0.128 e. The largest absolute Gasteiger partial charge is 0.497 e. The minimum atomic E-state index is 0.157. The number of hydrogen-bond donors (Lipinski definition) is 1. The molecule has 1 aliphatic rings. The maximum absolute atomic E-state index is 5.51. The molecule has 0 bridgehead atoms. The summed E-state index contributed by atoms with van der Waals surface area (Å²) in [6, 6.07) is 3.93. The average Bonchev–Trinajstić information content (AvgIpc) is 2.39. The Kier molecular flexibility index (Phi) is 4.94. The van der Waals surface area contributed by atoms with Gasteiger partial charge in [-0.15, -0.1) is 0 Å². The molecular formula is C15H23BrN2O2. The molecule has 20 heavy (non-hydrogen) atoms. The molecule has 4 nitrogen and oxygen atoms in total. The maximum atomic E-state index is 5.51. The van der Waals surface area contributed by atoms with E-state index >= 15 is 0 Å². The van der Waals surface area contributed by atoms with Crippen molar-refractivity contribution in [1.82, 2.24) is 10.2 Å². The second-order valence-electron chi connectivity index (χ2n) is 5.81. The van der Waals surface area contributed by atoms with Gasteiger partial charge < -0.3 is 14.8 Å². The Morgan fingerprint density at radius 3 is 2.65 bits per heavy atom. The highest BCUT2D eigenvalue weighted by molar-refractivity contribution is 9.10. The number of benzene rings is 1. The molecule has 1 aromatic carbocycles. The van der Waals surface area contributed by atoms with E-state index in [-0.39, 0.29) is 5.54 Å². The van der Waals surface area contributed by atoms with Gasteiger partial charge in [-0.1, -0.05) is 15.9 Å². The van der Waals surface area contributed by atoms with E-state index in [1.165, 1.54) is 5.56 Å². The van der Waals surface area contributed by atoms with Crippen LogP contribution in [0.5, 0.6) is 11.5 Å². The first-order valence-corrected chi connectivity index (χ1v) is 7.62. The van der Waals surface area contributed by atoms with E-state index in [2.05, 4.69) is 40.0 Å². The molecule has 0 aromatic heterocycles. The highest BCUT2D eigenvalue weighted by Gasteiger charge is 2.26. The zero-order valence-electron chi connectivity index (χ0n) is 12.6. The standard InChI is InChI=1S/C15H23BrN2O2/c1-15(2)10-18(6-5-17-15)9-12-13(16)7-11(19-3)8-14(12)20-4/h7-8,17H,5-6,9-10H2,1-4H3. The van der Waals surface area contributed by atoms with E-state index in [0.717, 1.165) is 42.2 Å². The predicted molar refractivity (Wildman–Crippen MR) is 84.6 cm³/mol. The quantitative estimate of drug-likeness (QED) is 0.911. The summed E-state index contributed by atoms with van der Waals surface area (Å²) in [7, 11) is 3.37. The average molecular weight is 343 g/mol. The van der Waals surface area contributed by atoms with Gasteiger partial charge in [0.1, 0.15) is 11.5 Å². The molecule has 5 heteroatoms. The van der Waals surface area contributed by atoms with Gasteiger partial charge in [0.05, 0.1) is 14.2 Å². The summed E-state index contributed by atoms with van der Waals surface area (Å²) in [5.41, 5.74) is 1.33. The lowest BCUT2D eigenvalue weighted by Gasteiger charge is -2.39. The number of rotatable bonds is 4. The van der Waals surface area contributed by atoms with Crippen LogP contribution in [0, 0.1) is 0 Å². The van der Waals surface area contributed by atoms with Crippen LogP contribution in [0.1, 0.15) is 19.4 Å². The molecule has 0 atom stereocenters. The number of halogens is 1. The van der Waals surface area contributed by atoms with E-state index in [1.54, 1.807) is 14.2 Å². The lowest BCUT2D eigenvalue weighted by Crippen LogP contribution is -2.56. The number of methoxy groups -OCH3 is 2. The van der Waals surface area contributed by atoms with Crippen LogP contribution in [0.2, 0.25) is 0 Å². The third kappa shape index (κ3) is 3.65. The first kappa shape index (κ1) is 15.6. The van der Waals surface area contributed by atoms with E-state index in [1.807, 2.05) is 12.1 Å². The fraction of sp³-hybridized carbons (Fsp3) is 0.600. The number of piperazine rings is 1. The van der Waals surface area contributed by atoms with Gasteiger partial charge in [0, 0.05) is 47.8 Å². The summed E-state index contributed by atoms with van der Waals surface area (Å²) >= 11 is 3.63. The van der Waals surface area contributed by atoms with Crippen molar-refractivity contribution in [1.29, 1.82) is 0 Å². The lowest BCUT2D eigenvalue weighted by molar-refractivity contribution is 0.147. The summed E-state index contributed by atoms with van der Waals surface area (Å²) in [6.07, 6.45) is 0. The van der Waals surface area contributed by atoms with Gasteiger partial charge in [-0.3, -0.25) is 4.90 Å². The second kappa shape index (κ2) is 6.33. The molecule has 1 N–H and O–H groups in total. The Morgan fingerprint density at radius 2 is 2.05 bits per heavy atom. The van der Waals surface area contributed by atoms with Gasteiger partial charge in [-0.05, 0) is 19.9 Å². The fourth-order valence-corrected chi connectivity index (χ4v) is 3.19. The van der Waals surface area contributed by atoms with E-state index in [4.69, 9.17) is 9.47 Å². The topological polar surface area (TPSA) is 33.7 Å². The molecule has 0 unspecified atom stereocenters. The smallest absolute Gasteiger partial charge is 0.128 e. The lowest BCUT2D eigenvalue weighted by atomic mass is 10.0. The number of nitrogens with zero attached hydrogens (tertiary/aromatic N) is 1. The van der Waals surface area contributed by atoms with Crippen LogP contribution in [0.25, 0.3) is 0 Å². The van der Waals surface area contributed by atoms with Gasteiger partial charge in [-0.2, -0.15) is 0 Å². The van der Waals surface area contributed by atoms with Gasteiger partial charge in [0.15, 0.2) is 0 Å². The SMILES string of the molecule is COc1cc(Br)c(CN2CCNC(C)(C)C2)c(OC)c1. The van der Waals surface area contributed by atoms with Crippen LogP contribution in [0.15, 0.2) is 16.6 Å². The van der Waals surface area contributed by atoms with Gasteiger partial charge in [0.25, 0.3) is 0 Å². The molecule has 1 fully saturated rings. The Labute approximate surface area is 129 Å².